The highest BCUT2D eigenvalue weighted by Gasteiger charge is 2.09. The van der Waals surface area contributed by atoms with Crippen LogP contribution in [0.25, 0.3) is 10.9 Å². The average Bonchev–Trinajstić information content (AvgIpc) is 2.38. The number of nitrogens with one attached hydrogen (secondary N) is 1. The molecule has 0 aliphatic heterocycles. The van der Waals surface area contributed by atoms with Crippen molar-refractivity contribution in [3.05, 3.63) is 30.0 Å². The third kappa shape index (κ3) is 2.07. The number of hydrogen-bond acceptors (Lipinski definition) is 4. The number of benzene rings is 1. The second-order valence-electron chi connectivity index (χ2n) is 4.28. The van der Waals surface area contributed by atoms with Gasteiger partial charge in [-0.15, -0.1) is 0 Å². The Balaban J connectivity index is 2.72. The molecule has 2 aromatic rings. The number of aromatic nitrogens is 1. The molecule has 0 spiro atoms. The van der Waals surface area contributed by atoms with Gasteiger partial charge in [0.05, 0.1) is 16.8 Å². The minimum atomic E-state index is 0.584. The van der Waals surface area contributed by atoms with E-state index in [9.17, 15) is 0 Å². The molecule has 0 atom stereocenters. The van der Waals surface area contributed by atoms with Gasteiger partial charge in [0.2, 0.25) is 0 Å². The number of anilines is 2. The van der Waals surface area contributed by atoms with Crippen LogP contribution in [0.1, 0.15) is 12.5 Å². The molecule has 0 aliphatic carbocycles. The first-order valence-electron chi connectivity index (χ1n) is 5.91. The lowest BCUT2D eigenvalue weighted by Gasteiger charge is -2.15. The maximum absolute atomic E-state index is 9.14. The van der Waals surface area contributed by atoms with E-state index in [4.69, 9.17) is 5.26 Å². The van der Waals surface area contributed by atoms with Crippen molar-refractivity contribution >= 4 is 22.3 Å². The van der Waals surface area contributed by atoms with Gasteiger partial charge in [-0.05, 0) is 25.1 Å². The standard InChI is InChI=1S/C14H16N4/c1-4-16-14-10(8-15)9-17-13-6-5-11(18(2)3)7-12(13)14/h5-7,9H,4H2,1-3H3,(H,16,17). The highest BCUT2D eigenvalue weighted by atomic mass is 15.1. The number of hydrogen-bond donors (Lipinski definition) is 1. The molecule has 0 aliphatic rings. The van der Waals surface area contributed by atoms with Crippen molar-refractivity contribution in [1.29, 1.82) is 5.26 Å². The van der Waals surface area contributed by atoms with Crippen LogP contribution in [0.2, 0.25) is 0 Å². The Hall–Kier alpha value is -2.28. The summed E-state index contributed by atoms with van der Waals surface area (Å²) >= 11 is 0. The van der Waals surface area contributed by atoms with Gasteiger partial charge in [-0.2, -0.15) is 5.26 Å². The van der Waals surface area contributed by atoms with Crippen molar-refractivity contribution in [2.24, 2.45) is 0 Å². The molecule has 0 fully saturated rings. The van der Waals surface area contributed by atoms with Gasteiger partial charge in [0.15, 0.2) is 0 Å². The maximum Gasteiger partial charge on any atom is 0.103 e. The second-order valence-corrected chi connectivity index (χ2v) is 4.28. The van der Waals surface area contributed by atoms with Gasteiger partial charge in [0, 0.05) is 37.9 Å². The molecule has 1 heterocycles. The number of nitriles is 1. The van der Waals surface area contributed by atoms with E-state index in [1.807, 2.05) is 38.1 Å². The lowest BCUT2D eigenvalue weighted by atomic mass is 10.1. The second kappa shape index (κ2) is 4.92. The van der Waals surface area contributed by atoms with Crippen molar-refractivity contribution < 1.29 is 0 Å². The van der Waals surface area contributed by atoms with Crippen molar-refractivity contribution in [2.45, 2.75) is 6.92 Å². The van der Waals surface area contributed by atoms with E-state index in [2.05, 4.69) is 22.4 Å². The predicted octanol–water partition coefficient (Wildman–Crippen LogP) is 2.60. The summed E-state index contributed by atoms with van der Waals surface area (Å²) in [6, 6.07) is 8.24. The molecule has 18 heavy (non-hydrogen) atoms. The SMILES string of the molecule is CCNc1c(C#N)cnc2ccc(N(C)C)cc12. The molecular weight excluding hydrogens is 224 g/mol. The summed E-state index contributed by atoms with van der Waals surface area (Å²) in [5, 5.41) is 13.4. The van der Waals surface area contributed by atoms with Gasteiger partial charge >= 0.3 is 0 Å². The zero-order chi connectivity index (χ0) is 13.1. The fourth-order valence-electron chi connectivity index (χ4n) is 1.91. The van der Waals surface area contributed by atoms with E-state index in [0.29, 0.717) is 5.56 Å². The fourth-order valence-corrected chi connectivity index (χ4v) is 1.91. The monoisotopic (exact) mass is 240 g/mol. The Labute approximate surface area is 107 Å². The Morgan fingerprint density at radius 3 is 2.78 bits per heavy atom. The lowest BCUT2D eigenvalue weighted by molar-refractivity contribution is 1.13. The minimum Gasteiger partial charge on any atom is -0.384 e. The summed E-state index contributed by atoms with van der Waals surface area (Å²) < 4.78 is 0. The lowest BCUT2D eigenvalue weighted by Crippen LogP contribution is -2.08. The Bertz CT molecular complexity index is 611. The molecule has 1 aromatic heterocycles. The maximum atomic E-state index is 9.14. The first-order chi connectivity index (χ1) is 8.67. The van der Waals surface area contributed by atoms with E-state index >= 15 is 0 Å². The summed E-state index contributed by atoms with van der Waals surface area (Å²) in [5.74, 6) is 0. The van der Waals surface area contributed by atoms with Crippen molar-refractivity contribution in [3.63, 3.8) is 0 Å². The van der Waals surface area contributed by atoms with Gasteiger partial charge in [0.25, 0.3) is 0 Å². The van der Waals surface area contributed by atoms with Crippen LogP contribution in [0, 0.1) is 11.3 Å². The van der Waals surface area contributed by atoms with Crippen molar-refractivity contribution in [1.82, 2.24) is 4.98 Å². The molecular formula is C14H16N4. The smallest absolute Gasteiger partial charge is 0.103 e. The number of nitrogens with zero attached hydrogens (tertiary/aromatic N) is 3. The number of pyridine rings is 1. The normalized spacial score (nSPS) is 10.1. The van der Waals surface area contributed by atoms with E-state index in [-0.39, 0.29) is 0 Å². The van der Waals surface area contributed by atoms with Crippen LogP contribution >= 0.6 is 0 Å². The van der Waals surface area contributed by atoms with Crippen LogP contribution in [0.15, 0.2) is 24.4 Å². The molecule has 0 amide bonds. The molecule has 0 saturated carbocycles. The van der Waals surface area contributed by atoms with E-state index in [1.165, 1.54) is 0 Å². The molecule has 4 heteroatoms. The summed E-state index contributed by atoms with van der Waals surface area (Å²) in [5.41, 5.74) is 3.45. The predicted molar refractivity (Wildman–Crippen MR) is 74.9 cm³/mol. The minimum absolute atomic E-state index is 0.584. The molecule has 2 rings (SSSR count). The zero-order valence-corrected chi connectivity index (χ0v) is 10.9. The Kier molecular flexibility index (Phi) is 3.33. The summed E-state index contributed by atoms with van der Waals surface area (Å²) in [6.45, 7) is 2.79. The molecule has 0 saturated heterocycles. The van der Waals surface area contributed by atoms with Crippen LogP contribution in [0.5, 0.6) is 0 Å². The van der Waals surface area contributed by atoms with Gasteiger partial charge in [-0.25, -0.2) is 0 Å². The first kappa shape index (κ1) is 12.2. The highest BCUT2D eigenvalue weighted by Crippen LogP contribution is 2.28. The van der Waals surface area contributed by atoms with Gasteiger partial charge < -0.3 is 10.2 Å². The quantitative estimate of drug-likeness (QED) is 0.896. The molecule has 92 valence electrons. The van der Waals surface area contributed by atoms with E-state index in [0.717, 1.165) is 28.8 Å². The topological polar surface area (TPSA) is 52.0 Å². The Morgan fingerprint density at radius 1 is 1.39 bits per heavy atom. The largest absolute Gasteiger partial charge is 0.384 e. The molecule has 0 bridgehead atoms. The zero-order valence-electron chi connectivity index (χ0n) is 10.9. The molecule has 1 aromatic carbocycles. The average molecular weight is 240 g/mol. The van der Waals surface area contributed by atoms with Crippen LogP contribution in [-0.2, 0) is 0 Å². The van der Waals surface area contributed by atoms with Crippen LogP contribution in [-0.4, -0.2) is 25.6 Å². The number of rotatable bonds is 3. The van der Waals surface area contributed by atoms with Crippen LogP contribution in [0.3, 0.4) is 0 Å². The fraction of sp³-hybridized carbons (Fsp3) is 0.286. The van der Waals surface area contributed by atoms with Gasteiger partial charge in [0.1, 0.15) is 6.07 Å². The summed E-state index contributed by atoms with van der Waals surface area (Å²) in [7, 11) is 3.99. The van der Waals surface area contributed by atoms with E-state index < -0.39 is 0 Å². The third-order valence-corrected chi connectivity index (χ3v) is 2.84. The highest BCUT2D eigenvalue weighted by molar-refractivity contribution is 5.96. The Morgan fingerprint density at radius 2 is 2.17 bits per heavy atom. The van der Waals surface area contributed by atoms with Crippen molar-refractivity contribution in [2.75, 3.05) is 30.9 Å². The number of fused-ring (bicyclic) bond motifs is 1. The molecule has 4 nitrogen and oxygen atoms in total. The van der Waals surface area contributed by atoms with Gasteiger partial charge in [-0.1, -0.05) is 0 Å². The first-order valence-corrected chi connectivity index (χ1v) is 5.91. The third-order valence-electron chi connectivity index (χ3n) is 2.84. The molecule has 1 N–H and O–H groups in total. The summed E-state index contributed by atoms with van der Waals surface area (Å²) in [4.78, 5) is 6.35. The summed E-state index contributed by atoms with van der Waals surface area (Å²) in [6.07, 6.45) is 1.62. The van der Waals surface area contributed by atoms with Crippen LogP contribution < -0.4 is 10.2 Å². The van der Waals surface area contributed by atoms with Crippen LogP contribution in [0.4, 0.5) is 11.4 Å². The molecule has 0 unspecified atom stereocenters. The van der Waals surface area contributed by atoms with Gasteiger partial charge in [-0.3, -0.25) is 4.98 Å². The molecule has 0 radical (unpaired) electrons. The van der Waals surface area contributed by atoms with Crippen molar-refractivity contribution in [3.8, 4) is 6.07 Å². The van der Waals surface area contributed by atoms with E-state index in [1.54, 1.807) is 6.20 Å².